The summed E-state index contributed by atoms with van der Waals surface area (Å²) in [5, 5.41) is 10.8. The Labute approximate surface area is 84.9 Å². The van der Waals surface area contributed by atoms with Crippen LogP contribution in [0.25, 0.3) is 0 Å². The van der Waals surface area contributed by atoms with Gasteiger partial charge in [-0.15, -0.1) is 0 Å². The molecule has 0 spiro atoms. The number of rotatable bonds is 3. The van der Waals surface area contributed by atoms with Crippen LogP contribution in [0.3, 0.4) is 0 Å². The maximum Gasteiger partial charge on any atom is 0.322 e. The second kappa shape index (κ2) is 5.61. The number of nitrogens with one attached hydrogen (secondary N) is 1. The van der Waals surface area contributed by atoms with E-state index in [-0.39, 0.29) is 0 Å². The smallest absolute Gasteiger partial charge is 0.322 e. The summed E-state index contributed by atoms with van der Waals surface area (Å²) in [5.41, 5.74) is 0. The topological polar surface area (TPSA) is 56.1 Å². The highest BCUT2D eigenvalue weighted by Crippen LogP contribution is 2.18. The summed E-state index contributed by atoms with van der Waals surface area (Å²) in [4.78, 5) is 12.9. The fourth-order valence-corrected chi connectivity index (χ4v) is 1.78. The maximum atomic E-state index is 10.6. The van der Waals surface area contributed by atoms with Crippen LogP contribution in [0.4, 0.5) is 0 Å². The molecule has 0 aromatic rings. The molecule has 0 bridgehead atoms. The molecule has 1 fully saturated rings. The zero-order chi connectivity index (χ0) is 10.4. The van der Waals surface area contributed by atoms with Crippen molar-refractivity contribution in [2.24, 2.45) is 5.92 Å². The van der Waals surface area contributed by atoms with E-state index in [1.165, 1.54) is 12.8 Å². The molecule has 0 unspecified atom stereocenters. The maximum absolute atomic E-state index is 10.6. The molecule has 0 aromatic heterocycles. The Morgan fingerprint density at radius 3 is 2.79 bits per heavy atom. The number of amides is 1. The zero-order valence-electron chi connectivity index (χ0n) is 8.62. The SMILES string of the molecule is CN1CCC(CCNC(=O)C#N)CC1. The van der Waals surface area contributed by atoms with Gasteiger partial charge < -0.3 is 10.2 Å². The first-order chi connectivity index (χ1) is 6.72. The van der Waals surface area contributed by atoms with Crippen molar-refractivity contribution < 1.29 is 4.79 Å². The van der Waals surface area contributed by atoms with Gasteiger partial charge in [-0.25, -0.2) is 0 Å². The summed E-state index contributed by atoms with van der Waals surface area (Å²) in [7, 11) is 2.13. The van der Waals surface area contributed by atoms with E-state index >= 15 is 0 Å². The van der Waals surface area contributed by atoms with E-state index in [2.05, 4.69) is 17.3 Å². The largest absolute Gasteiger partial charge is 0.344 e. The number of carbonyl (C=O) groups is 1. The van der Waals surface area contributed by atoms with Gasteiger partial charge in [-0.1, -0.05) is 0 Å². The average Bonchev–Trinajstić information content (AvgIpc) is 2.21. The van der Waals surface area contributed by atoms with Gasteiger partial charge in [0.25, 0.3) is 0 Å². The van der Waals surface area contributed by atoms with E-state index in [4.69, 9.17) is 5.26 Å². The van der Waals surface area contributed by atoms with E-state index in [1.807, 2.05) is 0 Å². The van der Waals surface area contributed by atoms with Gasteiger partial charge in [-0.2, -0.15) is 5.26 Å². The molecule has 14 heavy (non-hydrogen) atoms. The van der Waals surface area contributed by atoms with Gasteiger partial charge in [-0.05, 0) is 45.3 Å². The third kappa shape index (κ3) is 3.75. The summed E-state index contributed by atoms with van der Waals surface area (Å²) in [6.07, 6.45) is 3.42. The number of piperidine rings is 1. The van der Waals surface area contributed by atoms with Crippen LogP contribution in [0, 0.1) is 17.2 Å². The van der Waals surface area contributed by atoms with Gasteiger partial charge in [0.2, 0.25) is 0 Å². The van der Waals surface area contributed by atoms with E-state index in [9.17, 15) is 4.79 Å². The minimum absolute atomic E-state index is 0.516. The number of hydrogen-bond donors (Lipinski definition) is 1. The first-order valence-corrected chi connectivity index (χ1v) is 5.09. The molecule has 1 heterocycles. The Balaban J connectivity index is 2.08. The Morgan fingerprint density at radius 1 is 1.57 bits per heavy atom. The molecule has 4 heteroatoms. The predicted molar refractivity (Wildman–Crippen MR) is 53.5 cm³/mol. The minimum atomic E-state index is -0.516. The lowest BCUT2D eigenvalue weighted by Crippen LogP contribution is -2.32. The van der Waals surface area contributed by atoms with Crippen molar-refractivity contribution in [3.63, 3.8) is 0 Å². The first kappa shape index (κ1) is 11.0. The van der Waals surface area contributed by atoms with Crippen molar-refractivity contribution >= 4 is 5.91 Å². The molecule has 1 N–H and O–H groups in total. The van der Waals surface area contributed by atoms with Crippen LogP contribution < -0.4 is 5.32 Å². The number of nitriles is 1. The van der Waals surface area contributed by atoms with Gasteiger partial charge in [0.15, 0.2) is 6.07 Å². The standard InChI is InChI=1S/C10H17N3O/c1-13-6-3-9(4-7-13)2-5-12-10(14)8-11/h9H,2-7H2,1H3,(H,12,14). The number of nitrogens with zero attached hydrogens (tertiary/aromatic N) is 2. The van der Waals surface area contributed by atoms with Crippen molar-refractivity contribution in [1.29, 1.82) is 5.26 Å². The third-order valence-electron chi connectivity index (χ3n) is 2.78. The van der Waals surface area contributed by atoms with Crippen LogP contribution in [0.2, 0.25) is 0 Å². The summed E-state index contributed by atoms with van der Waals surface area (Å²) in [6.45, 7) is 2.94. The summed E-state index contributed by atoms with van der Waals surface area (Å²) in [5.74, 6) is 0.197. The summed E-state index contributed by atoms with van der Waals surface area (Å²) >= 11 is 0. The minimum Gasteiger partial charge on any atom is -0.344 e. The molecule has 0 aliphatic carbocycles. The highest BCUT2D eigenvalue weighted by molar-refractivity contribution is 5.91. The number of hydrogen-bond acceptors (Lipinski definition) is 3. The molecule has 1 amide bonds. The Morgan fingerprint density at radius 2 is 2.21 bits per heavy atom. The van der Waals surface area contributed by atoms with Crippen LogP contribution in [-0.4, -0.2) is 37.5 Å². The molecule has 1 rings (SSSR count). The molecule has 1 aliphatic heterocycles. The molecule has 0 aromatic carbocycles. The molecule has 0 atom stereocenters. The number of carbonyl (C=O) groups excluding carboxylic acids is 1. The lowest BCUT2D eigenvalue weighted by molar-refractivity contribution is -0.115. The van der Waals surface area contributed by atoms with Crippen LogP contribution in [0.15, 0.2) is 0 Å². The van der Waals surface area contributed by atoms with Gasteiger partial charge in [0.1, 0.15) is 0 Å². The van der Waals surface area contributed by atoms with E-state index in [1.54, 1.807) is 6.07 Å². The highest BCUT2D eigenvalue weighted by atomic mass is 16.1. The van der Waals surface area contributed by atoms with Crippen LogP contribution in [-0.2, 0) is 4.79 Å². The van der Waals surface area contributed by atoms with Crippen molar-refractivity contribution in [3.8, 4) is 6.07 Å². The fraction of sp³-hybridized carbons (Fsp3) is 0.800. The van der Waals surface area contributed by atoms with Gasteiger partial charge in [0.05, 0.1) is 0 Å². The monoisotopic (exact) mass is 195 g/mol. The zero-order valence-corrected chi connectivity index (χ0v) is 8.62. The second-order valence-electron chi connectivity index (χ2n) is 3.90. The third-order valence-corrected chi connectivity index (χ3v) is 2.78. The molecule has 1 aliphatic rings. The molecule has 0 saturated carbocycles. The van der Waals surface area contributed by atoms with Crippen LogP contribution in [0.1, 0.15) is 19.3 Å². The molecular weight excluding hydrogens is 178 g/mol. The summed E-state index contributed by atoms with van der Waals surface area (Å²) < 4.78 is 0. The van der Waals surface area contributed by atoms with Gasteiger partial charge in [-0.3, -0.25) is 4.79 Å². The lowest BCUT2D eigenvalue weighted by Gasteiger charge is -2.28. The van der Waals surface area contributed by atoms with Gasteiger partial charge >= 0.3 is 5.91 Å². The van der Waals surface area contributed by atoms with E-state index < -0.39 is 5.91 Å². The fourth-order valence-electron chi connectivity index (χ4n) is 1.78. The van der Waals surface area contributed by atoms with E-state index in [0.717, 1.165) is 19.5 Å². The number of likely N-dealkylation sites (tertiary alicyclic amines) is 1. The van der Waals surface area contributed by atoms with Gasteiger partial charge in [0, 0.05) is 6.54 Å². The molecule has 4 nitrogen and oxygen atoms in total. The highest BCUT2D eigenvalue weighted by Gasteiger charge is 2.16. The van der Waals surface area contributed by atoms with Crippen molar-refractivity contribution in [3.05, 3.63) is 0 Å². The molecule has 1 saturated heterocycles. The first-order valence-electron chi connectivity index (χ1n) is 5.09. The second-order valence-corrected chi connectivity index (χ2v) is 3.90. The Hall–Kier alpha value is -1.08. The van der Waals surface area contributed by atoms with Crippen LogP contribution in [0.5, 0.6) is 0 Å². The normalized spacial score (nSPS) is 18.9. The van der Waals surface area contributed by atoms with Crippen molar-refractivity contribution in [2.45, 2.75) is 19.3 Å². The predicted octanol–water partition coefficient (Wildman–Crippen LogP) is 0.358. The Kier molecular flexibility index (Phi) is 4.41. The lowest BCUT2D eigenvalue weighted by atomic mass is 9.94. The average molecular weight is 195 g/mol. The molecular formula is C10H17N3O. The van der Waals surface area contributed by atoms with Crippen molar-refractivity contribution in [2.75, 3.05) is 26.7 Å². The summed E-state index contributed by atoms with van der Waals surface area (Å²) in [6, 6.07) is 1.55. The molecule has 0 radical (unpaired) electrons. The Bertz CT molecular complexity index is 226. The van der Waals surface area contributed by atoms with Crippen LogP contribution >= 0.6 is 0 Å². The molecule has 78 valence electrons. The van der Waals surface area contributed by atoms with E-state index in [0.29, 0.717) is 12.5 Å². The van der Waals surface area contributed by atoms with Crippen molar-refractivity contribution in [1.82, 2.24) is 10.2 Å². The quantitative estimate of drug-likeness (QED) is 0.661.